The Morgan fingerprint density at radius 3 is 2.23 bits per heavy atom. The van der Waals surface area contributed by atoms with Gasteiger partial charge in [-0.05, 0) is 38.0 Å². The van der Waals surface area contributed by atoms with Crippen molar-refractivity contribution in [2.24, 2.45) is 16.7 Å². The summed E-state index contributed by atoms with van der Waals surface area (Å²) >= 11 is 0. The summed E-state index contributed by atoms with van der Waals surface area (Å²) in [4.78, 5) is 31.6. The molecule has 6 heteroatoms. The summed E-state index contributed by atoms with van der Waals surface area (Å²) in [5, 5.41) is 0. The van der Waals surface area contributed by atoms with Crippen LogP contribution in [0.3, 0.4) is 0 Å². The first-order valence-corrected chi connectivity index (χ1v) is 10.2. The quantitative estimate of drug-likeness (QED) is 0.767. The number of amides is 2. The lowest BCUT2D eigenvalue weighted by molar-refractivity contribution is -0.146. The van der Waals surface area contributed by atoms with Crippen LogP contribution in [0.25, 0.3) is 0 Å². The van der Waals surface area contributed by atoms with Crippen molar-refractivity contribution in [2.75, 3.05) is 46.3 Å². The maximum atomic E-state index is 14.2. The topological polar surface area (TPSA) is 43.9 Å². The van der Waals surface area contributed by atoms with Crippen LogP contribution < -0.4 is 0 Å². The normalized spacial score (nSPS) is 33.0. The lowest BCUT2D eigenvalue weighted by Gasteiger charge is -2.47. The van der Waals surface area contributed by atoms with Crippen LogP contribution in [0.1, 0.15) is 46.0 Å². The average Bonchev–Trinajstić information content (AvgIpc) is 3.20. The molecule has 146 valence electrons. The van der Waals surface area contributed by atoms with Crippen LogP contribution >= 0.6 is 0 Å². The number of nitrogens with zero attached hydrogens (tertiary/aromatic N) is 3. The number of piperidine rings is 1. The van der Waals surface area contributed by atoms with Gasteiger partial charge in [-0.3, -0.25) is 9.59 Å². The molecule has 2 spiro atoms. The molecule has 0 aromatic rings. The molecule has 2 amide bonds. The fourth-order valence-electron chi connectivity index (χ4n) is 5.78. The van der Waals surface area contributed by atoms with Crippen molar-refractivity contribution in [1.29, 1.82) is 0 Å². The van der Waals surface area contributed by atoms with Crippen molar-refractivity contribution >= 4 is 11.8 Å². The highest BCUT2D eigenvalue weighted by Gasteiger charge is 2.65. The maximum Gasteiger partial charge on any atom is 0.260 e. The summed E-state index contributed by atoms with van der Waals surface area (Å²) in [6.07, 6.45) is 3.32. The van der Waals surface area contributed by atoms with Crippen molar-refractivity contribution in [3.63, 3.8) is 0 Å². The zero-order valence-electron chi connectivity index (χ0n) is 16.4. The number of halogens is 1. The van der Waals surface area contributed by atoms with Gasteiger partial charge in [0.1, 0.15) is 0 Å². The zero-order valence-corrected chi connectivity index (χ0v) is 16.4. The van der Waals surface area contributed by atoms with Gasteiger partial charge in [-0.1, -0.05) is 13.8 Å². The second kappa shape index (κ2) is 5.91. The lowest BCUT2D eigenvalue weighted by Crippen LogP contribution is -2.54. The minimum atomic E-state index is -1.58. The highest BCUT2D eigenvalue weighted by Crippen LogP contribution is 2.58. The molecular formula is C20H32FN3O2. The Morgan fingerprint density at radius 2 is 1.73 bits per heavy atom. The van der Waals surface area contributed by atoms with Crippen LogP contribution in [0.5, 0.6) is 0 Å². The number of fused-ring (bicyclic) bond motifs is 1. The Labute approximate surface area is 155 Å². The number of rotatable bonds is 3. The Morgan fingerprint density at radius 1 is 1.08 bits per heavy atom. The summed E-state index contributed by atoms with van der Waals surface area (Å²) in [6.45, 7) is 9.25. The Hall–Kier alpha value is -1.17. The van der Waals surface area contributed by atoms with Gasteiger partial charge in [0.2, 0.25) is 5.91 Å². The standard InChI is InChI=1S/C20H32FN3O2/c1-15(2)12-23-13-18(19(14-23)8-9-22(3)16(19)25)6-10-24(11-7-18)17(26)20(21)4-5-20/h15H,4-14H2,1-3H3. The van der Waals surface area contributed by atoms with Gasteiger partial charge in [0.25, 0.3) is 5.91 Å². The Kier molecular flexibility index (Phi) is 4.14. The second-order valence-electron chi connectivity index (χ2n) is 9.66. The van der Waals surface area contributed by atoms with E-state index in [0.717, 1.165) is 45.4 Å². The van der Waals surface area contributed by atoms with Crippen molar-refractivity contribution in [3.05, 3.63) is 0 Å². The summed E-state index contributed by atoms with van der Waals surface area (Å²) in [5.41, 5.74) is -1.95. The summed E-state index contributed by atoms with van der Waals surface area (Å²) in [6, 6.07) is 0. The smallest absolute Gasteiger partial charge is 0.260 e. The predicted molar refractivity (Wildman–Crippen MR) is 97.3 cm³/mol. The highest BCUT2D eigenvalue weighted by atomic mass is 19.1. The van der Waals surface area contributed by atoms with E-state index in [9.17, 15) is 14.0 Å². The molecule has 1 saturated carbocycles. The van der Waals surface area contributed by atoms with Crippen molar-refractivity contribution in [2.45, 2.75) is 51.6 Å². The van der Waals surface area contributed by atoms with E-state index < -0.39 is 5.67 Å². The number of likely N-dealkylation sites (tertiary alicyclic amines) is 3. The molecule has 4 rings (SSSR count). The molecule has 5 nitrogen and oxygen atoms in total. The number of hydrogen-bond acceptors (Lipinski definition) is 3. The molecule has 26 heavy (non-hydrogen) atoms. The Bertz CT molecular complexity index is 610. The van der Waals surface area contributed by atoms with Crippen LogP contribution in [-0.2, 0) is 9.59 Å². The molecule has 4 fully saturated rings. The van der Waals surface area contributed by atoms with Crippen molar-refractivity contribution in [1.82, 2.24) is 14.7 Å². The molecule has 1 unspecified atom stereocenters. The summed E-state index contributed by atoms with van der Waals surface area (Å²) < 4.78 is 14.2. The monoisotopic (exact) mass is 365 g/mol. The first-order chi connectivity index (χ1) is 12.2. The van der Waals surface area contributed by atoms with Gasteiger partial charge >= 0.3 is 0 Å². The van der Waals surface area contributed by atoms with E-state index in [2.05, 4.69) is 18.7 Å². The van der Waals surface area contributed by atoms with Gasteiger partial charge in [-0.15, -0.1) is 0 Å². The van der Waals surface area contributed by atoms with Gasteiger partial charge in [0, 0.05) is 51.7 Å². The first kappa shape index (κ1) is 18.2. The lowest BCUT2D eigenvalue weighted by atomic mass is 9.60. The predicted octanol–water partition coefficient (Wildman–Crippen LogP) is 1.92. The summed E-state index contributed by atoms with van der Waals surface area (Å²) in [7, 11) is 1.91. The molecule has 3 heterocycles. The van der Waals surface area contributed by atoms with E-state index in [1.165, 1.54) is 0 Å². The minimum absolute atomic E-state index is 0.0620. The molecule has 0 aromatic carbocycles. The maximum absolute atomic E-state index is 14.2. The molecule has 0 aromatic heterocycles. The highest BCUT2D eigenvalue weighted by molar-refractivity contribution is 5.88. The molecule has 0 N–H and O–H groups in total. The van der Waals surface area contributed by atoms with Gasteiger partial charge in [-0.2, -0.15) is 0 Å². The van der Waals surface area contributed by atoms with Crippen LogP contribution in [0.15, 0.2) is 0 Å². The first-order valence-electron chi connectivity index (χ1n) is 10.2. The van der Waals surface area contributed by atoms with Gasteiger partial charge in [0.15, 0.2) is 5.67 Å². The van der Waals surface area contributed by atoms with E-state index in [4.69, 9.17) is 0 Å². The van der Waals surface area contributed by atoms with Gasteiger partial charge < -0.3 is 14.7 Å². The van der Waals surface area contributed by atoms with Crippen molar-refractivity contribution < 1.29 is 14.0 Å². The SMILES string of the molecule is CC(C)CN1CC2(CCN(C(=O)C3(F)CC3)CC2)C2(CCN(C)C2=O)C1. The van der Waals surface area contributed by atoms with E-state index in [-0.39, 0.29) is 22.6 Å². The fourth-order valence-corrected chi connectivity index (χ4v) is 5.78. The molecule has 4 aliphatic rings. The largest absolute Gasteiger partial charge is 0.345 e. The second-order valence-corrected chi connectivity index (χ2v) is 9.66. The molecule has 0 radical (unpaired) electrons. The molecule has 3 saturated heterocycles. The van der Waals surface area contributed by atoms with E-state index in [1.54, 1.807) is 4.90 Å². The van der Waals surface area contributed by atoms with Gasteiger partial charge in [-0.25, -0.2) is 4.39 Å². The third kappa shape index (κ3) is 2.59. The third-order valence-electron chi connectivity index (χ3n) is 7.37. The fraction of sp³-hybridized carbons (Fsp3) is 0.900. The number of alkyl halides is 1. The van der Waals surface area contributed by atoms with Crippen LogP contribution in [-0.4, -0.2) is 78.5 Å². The summed E-state index contributed by atoms with van der Waals surface area (Å²) in [5.74, 6) is 0.542. The van der Waals surface area contributed by atoms with Crippen LogP contribution in [0, 0.1) is 16.7 Å². The Balaban J connectivity index is 1.55. The molecule has 0 bridgehead atoms. The number of carbonyl (C=O) groups excluding carboxylic acids is 2. The van der Waals surface area contributed by atoms with E-state index >= 15 is 0 Å². The third-order valence-corrected chi connectivity index (χ3v) is 7.37. The van der Waals surface area contributed by atoms with Crippen LogP contribution in [0.2, 0.25) is 0 Å². The molecular weight excluding hydrogens is 333 g/mol. The van der Waals surface area contributed by atoms with E-state index in [1.807, 2.05) is 11.9 Å². The number of carbonyl (C=O) groups is 2. The molecule has 1 atom stereocenters. The van der Waals surface area contributed by atoms with Crippen molar-refractivity contribution in [3.8, 4) is 0 Å². The van der Waals surface area contributed by atoms with E-state index in [0.29, 0.717) is 31.8 Å². The molecule has 1 aliphatic carbocycles. The number of hydrogen-bond donors (Lipinski definition) is 0. The van der Waals surface area contributed by atoms with Crippen LogP contribution in [0.4, 0.5) is 4.39 Å². The zero-order chi connectivity index (χ0) is 18.7. The molecule has 3 aliphatic heterocycles. The average molecular weight is 365 g/mol. The minimum Gasteiger partial charge on any atom is -0.345 e. The van der Waals surface area contributed by atoms with Gasteiger partial charge in [0.05, 0.1) is 5.41 Å².